The van der Waals surface area contributed by atoms with Crippen LogP contribution in [0.3, 0.4) is 0 Å². The molecule has 2 saturated heterocycles. The molecule has 1 aromatic rings. The Bertz CT molecular complexity index is 560. The monoisotopic (exact) mass is 394 g/mol. The first-order valence-electron chi connectivity index (χ1n) is 10.2. The highest BCUT2D eigenvalue weighted by molar-refractivity contribution is 7.99. The summed E-state index contributed by atoms with van der Waals surface area (Å²) in [6.45, 7) is 3.54. The lowest BCUT2D eigenvalue weighted by Crippen LogP contribution is -2.41. The van der Waals surface area contributed by atoms with Gasteiger partial charge in [0.05, 0.1) is 6.10 Å². The Morgan fingerprint density at radius 1 is 1.22 bits per heavy atom. The molecular weight excluding hydrogens is 360 g/mol. The Hall–Kier alpha value is -0.790. The second-order valence-corrected chi connectivity index (χ2v) is 9.13. The van der Waals surface area contributed by atoms with Gasteiger partial charge in [-0.15, -0.1) is 0 Å². The summed E-state index contributed by atoms with van der Waals surface area (Å²) in [6.07, 6.45) is 3.45. The zero-order valence-electron chi connectivity index (χ0n) is 16.4. The molecule has 0 bridgehead atoms. The number of piperidine rings is 1. The summed E-state index contributed by atoms with van der Waals surface area (Å²) < 4.78 is 5.85. The number of ether oxygens (including phenoxy) is 1. The molecule has 1 aromatic carbocycles. The van der Waals surface area contributed by atoms with Gasteiger partial charge in [-0.25, -0.2) is 0 Å². The molecule has 6 heteroatoms. The van der Waals surface area contributed by atoms with Gasteiger partial charge in [0.15, 0.2) is 0 Å². The smallest absolute Gasteiger partial charge is 0.119 e. The topological polar surface area (TPSA) is 56.2 Å². The highest BCUT2D eigenvalue weighted by Crippen LogP contribution is 2.23. The second kappa shape index (κ2) is 10.7. The molecular formula is C21H34N2O3S. The number of hydrogen-bond donors (Lipinski definition) is 2. The van der Waals surface area contributed by atoms with Crippen LogP contribution in [-0.4, -0.2) is 83.1 Å². The van der Waals surface area contributed by atoms with Crippen molar-refractivity contribution in [1.82, 2.24) is 9.80 Å². The van der Waals surface area contributed by atoms with Crippen LogP contribution in [0.2, 0.25) is 0 Å². The molecule has 0 aromatic heterocycles. The molecule has 5 nitrogen and oxygen atoms in total. The fourth-order valence-electron chi connectivity index (χ4n) is 3.92. The largest absolute Gasteiger partial charge is 0.491 e. The van der Waals surface area contributed by atoms with Crippen LogP contribution in [0.25, 0.3) is 0 Å². The van der Waals surface area contributed by atoms with Crippen LogP contribution in [-0.2, 0) is 6.54 Å². The molecule has 0 amide bonds. The highest BCUT2D eigenvalue weighted by atomic mass is 32.2. The maximum Gasteiger partial charge on any atom is 0.119 e. The lowest BCUT2D eigenvalue weighted by molar-refractivity contribution is 0.0337. The van der Waals surface area contributed by atoms with Crippen molar-refractivity contribution in [3.8, 4) is 5.75 Å². The maximum atomic E-state index is 10.3. The highest BCUT2D eigenvalue weighted by Gasteiger charge is 2.20. The van der Waals surface area contributed by atoms with Gasteiger partial charge in [-0.05, 0) is 61.9 Å². The van der Waals surface area contributed by atoms with E-state index in [1.165, 1.54) is 29.9 Å². The quantitative estimate of drug-likeness (QED) is 0.705. The van der Waals surface area contributed by atoms with E-state index in [0.29, 0.717) is 19.2 Å². The van der Waals surface area contributed by atoms with E-state index in [-0.39, 0.29) is 6.10 Å². The van der Waals surface area contributed by atoms with Gasteiger partial charge in [0, 0.05) is 32.2 Å². The Labute approximate surface area is 167 Å². The van der Waals surface area contributed by atoms with Crippen molar-refractivity contribution in [3.05, 3.63) is 29.8 Å². The van der Waals surface area contributed by atoms with Gasteiger partial charge in [0.25, 0.3) is 0 Å². The van der Waals surface area contributed by atoms with Gasteiger partial charge in [-0.2, -0.15) is 11.8 Å². The maximum absolute atomic E-state index is 10.3. The number of benzene rings is 1. The summed E-state index contributed by atoms with van der Waals surface area (Å²) in [5, 5.41) is 19.8. The van der Waals surface area contributed by atoms with E-state index >= 15 is 0 Å². The van der Waals surface area contributed by atoms with Crippen LogP contribution in [0, 0.1) is 0 Å². The predicted molar refractivity (Wildman–Crippen MR) is 111 cm³/mol. The molecule has 1 unspecified atom stereocenters. The van der Waals surface area contributed by atoms with Crippen LogP contribution < -0.4 is 4.74 Å². The van der Waals surface area contributed by atoms with E-state index in [9.17, 15) is 10.2 Å². The molecule has 0 radical (unpaired) electrons. The molecule has 152 valence electrons. The number of hydrogen-bond acceptors (Lipinski definition) is 6. The van der Waals surface area contributed by atoms with E-state index in [4.69, 9.17) is 4.74 Å². The average Bonchev–Trinajstić information content (AvgIpc) is 2.69. The van der Waals surface area contributed by atoms with Crippen LogP contribution in [0.4, 0.5) is 0 Å². The molecule has 0 spiro atoms. The van der Waals surface area contributed by atoms with Gasteiger partial charge in [0.2, 0.25) is 0 Å². The minimum Gasteiger partial charge on any atom is -0.491 e. The average molecular weight is 395 g/mol. The van der Waals surface area contributed by atoms with Crippen molar-refractivity contribution in [3.63, 3.8) is 0 Å². The third kappa shape index (κ3) is 6.95. The van der Waals surface area contributed by atoms with Crippen molar-refractivity contribution < 1.29 is 14.9 Å². The van der Waals surface area contributed by atoms with E-state index < -0.39 is 6.10 Å². The summed E-state index contributed by atoms with van der Waals surface area (Å²) in [5.41, 5.74) is 1.26. The van der Waals surface area contributed by atoms with Gasteiger partial charge < -0.3 is 19.8 Å². The van der Waals surface area contributed by atoms with Gasteiger partial charge in [0.1, 0.15) is 18.5 Å². The number of β-amino-alcohol motifs (C(OH)–C–C–N with tert-alkyl or cyclic N) is 1. The fraction of sp³-hybridized carbons (Fsp3) is 0.714. The van der Waals surface area contributed by atoms with Crippen molar-refractivity contribution in [2.24, 2.45) is 0 Å². The summed E-state index contributed by atoms with van der Waals surface area (Å²) in [5.74, 6) is 3.37. The van der Waals surface area contributed by atoms with Crippen molar-refractivity contribution in [2.45, 2.75) is 50.5 Å². The van der Waals surface area contributed by atoms with Crippen LogP contribution in [0.5, 0.6) is 5.75 Å². The number of aliphatic hydroxyl groups excluding tert-OH is 2. The van der Waals surface area contributed by atoms with Crippen LogP contribution in [0.15, 0.2) is 24.3 Å². The zero-order valence-corrected chi connectivity index (χ0v) is 17.2. The molecule has 2 aliphatic rings. The predicted octanol–water partition coefficient (Wildman–Crippen LogP) is 2.21. The third-order valence-corrected chi connectivity index (χ3v) is 6.66. The number of nitrogens with zero attached hydrogens (tertiary/aromatic N) is 2. The Morgan fingerprint density at radius 3 is 2.70 bits per heavy atom. The summed E-state index contributed by atoms with van der Waals surface area (Å²) in [4.78, 5) is 4.66. The number of rotatable bonds is 8. The molecule has 0 aliphatic carbocycles. The first-order chi connectivity index (χ1) is 13.1. The van der Waals surface area contributed by atoms with E-state index in [0.717, 1.165) is 38.2 Å². The number of aliphatic hydroxyl groups is 2. The molecule has 2 aliphatic heterocycles. The minimum atomic E-state index is -0.508. The lowest BCUT2D eigenvalue weighted by atomic mass is 10.1. The van der Waals surface area contributed by atoms with E-state index in [1.807, 2.05) is 12.1 Å². The molecule has 2 N–H and O–H groups in total. The number of thioether (sulfide) groups is 1. The number of likely N-dealkylation sites (tertiary alicyclic amines) is 1. The van der Waals surface area contributed by atoms with Crippen molar-refractivity contribution >= 4 is 11.8 Å². The van der Waals surface area contributed by atoms with Gasteiger partial charge >= 0.3 is 0 Å². The molecule has 2 fully saturated rings. The SMILES string of the molecule is CN(Cc1cccc(OCC(O)CN2CCC(O)CC2)c1)C1CCSCC1. The lowest BCUT2D eigenvalue weighted by Gasteiger charge is -2.31. The summed E-state index contributed by atoms with van der Waals surface area (Å²) in [6, 6.07) is 8.92. The standard InChI is InChI=1S/C21H34N2O3S/c1-22(18-7-11-27-12-8-18)14-17-3-2-4-21(13-17)26-16-20(25)15-23-9-5-19(24)6-10-23/h2-4,13,18-20,24-25H,5-12,14-16H2,1H3. The summed E-state index contributed by atoms with van der Waals surface area (Å²) in [7, 11) is 2.22. The first kappa shape index (κ1) is 20.9. The molecule has 3 rings (SSSR count). The Balaban J connectivity index is 1.43. The molecule has 1 atom stereocenters. The van der Waals surface area contributed by atoms with E-state index in [1.54, 1.807) is 0 Å². The fourth-order valence-corrected chi connectivity index (χ4v) is 5.00. The van der Waals surface area contributed by atoms with Gasteiger partial charge in [-0.3, -0.25) is 4.90 Å². The van der Waals surface area contributed by atoms with Gasteiger partial charge in [-0.1, -0.05) is 12.1 Å². The van der Waals surface area contributed by atoms with Crippen molar-refractivity contribution in [1.29, 1.82) is 0 Å². The normalized spacial score (nSPS) is 21.5. The van der Waals surface area contributed by atoms with Crippen molar-refractivity contribution in [2.75, 3.05) is 44.8 Å². The minimum absolute atomic E-state index is 0.178. The molecule has 0 saturated carbocycles. The van der Waals surface area contributed by atoms with Crippen LogP contribution in [0.1, 0.15) is 31.2 Å². The summed E-state index contributed by atoms with van der Waals surface area (Å²) >= 11 is 2.06. The first-order valence-corrected chi connectivity index (χ1v) is 11.3. The molecule has 27 heavy (non-hydrogen) atoms. The Morgan fingerprint density at radius 2 is 1.96 bits per heavy atom. The van der Waals surface area contributed by atoms with E-state index in [2.05, 4.69) is 40.7 Å². The molecule has 2 heterocycles. The van der Waals surface area contributed by atoms with Crippen LogP contribution >= 0.6 is 11.8 Å². The third-order valence-electron chi connectivity index (χ3n) is 5.61. The zero-order chi connectivity index (χ0) is 19.1. The second-order valence-electron chi connectivity index (χ2n) is 7.90. The Kier molecular flexibility index (Phi) is 8.27.